The zero-order valence-electron chi connectivity index (χ0n) is 27.4. The maximum Gasteiger partial charge on any atom is 0.347 e. The molecule has 3 aromatic rings. The quantitative estimate of drug-likeness (QED) is 0.114. The summed E-state index contributed by atoms with van der Waals surface area (Å²) in [4.78, 5) is 47.0. The molecule has 2 aromatic carbocycles. The van der Waals surface area contributed by atoms with Crippen molar-refractivity contribution < 1.29 is 33.7 Å². The molecule has 0 atom stereocenters. The number of rotatable bonds is 16. The van der Waals surface area contributed by atoms with Gasteiger partial charge in [0.15, 0.2) is 5.60 Å². The van der Waals surface area contributed by atoms with Crippen molar-refractivity contribution in [2.75, 3.05) is 13.2 Å². The van der Waals surface area contributed by atoms with Crippen LogP contribution in [0.4, 0.5) is 0 Å². The van der Waals surface area contributed by atoms with Crippen molar-refractivity contribution >= 4 is 23.6 Å². The highest BCUT2D eigenvalue weighted by atomic mass is 16.5. The van der Waals surface area contributed by atoms with Gasteiger partial charge in [0.05, 0.1) is 18.8 Å². The van der Waals surface area contributed by atoms with Crippen molar-refractivity contribution in [1.82, 2.24) is 9.88 Å². The van der Waals surface area contributed by atoms with Crippen molar-refractivity contribution in [3.05, 3.63) is 83.7 Å². The lowest BCUT2D eigenvalue weighted by atomic mass is 10.1. The molecule has 0 unspecified atom stereocenters. The Morgan fingerprint density at radius 1 is 0.848 bits per heavy atom. The topological polar surface area (TPSA) is 154 Å². The predicted molar refractivity (Wildman–Crippen MR) is 176 cm³/mol. The lowest BCUT2D eigenvalue weighted by Gasteiger charge is -2.32. The van der Waals surface area contributed by atoms with Crippen LogP contribution in [0.1, 0.15) is 87.1 Å². The van der Waals surface area contributed by atoms with Crippen LogP contribution in [0.15, 0.2) is 72.0 Å². The Balaban J connectivity index is 1.50. The fourth-order valence-electron chi connectivity index (χ4n) is 4.59. The number of nitrogens with zero attached hydrogens (tertiary/aromatic N) is 3. The molecule has 246 valence electrons. The predicted octanol–water partition coefficient (Wildman–Crippen LogP) is 5.76. The number of hydrogen-bond donors (Lipinski definition) is 2. The number of nitrogens with two attached hydrogens (primary N) is 1. The molecule has 0 radical (unpaired) electrons. The van der Waals surface area contributed by atoms with Gasteiger partial charge < -0.3 is 30.0 Å². The van der Waals surface area contributed by atoms with Crippen molar-refractivity contribution in [1.29, 1.82) is 0 Å². The molecule has 0 fully saturated rings. The monoisotopic (exact) mass is 632 g/mol. The van der Waals surface area contributed by atoms with Crippen molar-refractivity contribution in [2.45, 2.75) is 78.5 Å². The molecule has 11 heteroatoms. The van der Waals surface area contributed by atoms with Gasteiger partial charge in [-0.3, -0.25) is 14.6 Å². The van der Waals surface area contributed by atoms with Crippen LogP contribution >= 0.6 is 0 Å². The zero-order chi connectivity index (χ0) is 33.9. The fraction of sp³-hybridized carbons (Fsp3) is 0.400. The first-order valence-electron chi connectivity index (χ1n) is 15.3. The number of ether oxygens (including phenoxy) is 3. The molecule has 1 aromatic heterocycles. The van der Waals surface area contributed by atoms with E-state index in [0.29, 0.717) is 35.8 Å². The van der Waals surface area contributed by atoms with Gasteiger partial charge in [0.2, 0.25) is 0 Å². The van der Waals surface area contributed by atoms with Crippen LogP contribution in [-0.4, -0.2) is 69.5 Å². The second-order valence-electron chi connectivity index (χ2n) is 11.8. The Kier molecular flexibility index (Phi) is 12.7. The second-order valence-corrected chi connectivity index (χ2v) is 11.8. The number of benzene rings is 2. The maximum absolute atomic E-state index is 13.4. The molecule has 0 aliphatic rings. The zero-order valence-corrected chi connectivity index (χ0v) is 27.4. The van der Waals surface area contributed by atoms with E-state index in [1.807, 2.05) is 27.7 Å². The summed E-state index contributed by atoms with van der Waals surface area (Å²) in [5, 5.41) is 9.62. The minimum absolute atomic E-state index is 0.0549. The van der Waals surface area contributed by atoms with E-state index in [-0.39, 0.29) is 35.1 Å². The van der Waals surface area contributed by atoms with Gasteiger partial charge in [0.1, 0.15) is 23.1 Å². The highest BCUT2D eigenvalue weighted by Crippen LogP contribution is 2.31. The fourth-order valence-corrected chi connectivity index (χ4v) is 4.59. The third kappa shape index (κ3) is 10.0. The number of aliphatic imine (C=N–C) groups is 1. The number of carbonyl (C=O) groups is 3. The van der Waals surface area contributed by atoms with E-state index in [2.05, 4.69) is 9.98 Å². The minimum atomic E-state index is -1.55. The maximum atomic E-state index is 13.4. The number of aliphatic carboxylic acids is 1. The SMILES string of the molecule is CC(C)N(C(=O)c1ccc(OCCCCCOc2ccc(/C(N)=N\C(=O)c3ccncc3)cc2)cc1OC(C)(C)C(=O)O)C(C)C. The summed E-state index contributed by atoms with van der Waals surface area (Å²) in [6.07, 6.45) is 5.44. The first-order chi connectivity index (χ1) is 21.8. The number of pyridine rings is 1. The lowest BCUT2D eigenvalue weighted by Crippen LogP contribution is -2.43. The van der Waals surface area contributed by atoms with Gasteiger partial charge in [0, 0.05) is 41.7 Å². The summed E-state index contributed by atoms with van der Waals surface area (Å²) in [6, 6.07) is 15.0. The molecule has 11 nitrogen and oxygen atoms in total. The number of amidine groups is 1. The van der Waals surface area contributed by atoms with Crippen LogP contribution < -0.4 is 19.9 Å². The van der Waals surface area contributed by atoms with Gasteiger partial charge in [-0.15, -0.1) is 0 Å². The molecule has 0 spiro atoms. The van der Waals surface area contributed by atoms with E-state index in [4.69, 9.17) is 19.9 Å². The highest BCUT2D eigenvalue weighted by Gasteiger charge is 2.33. The number of aromatic nitrogens is 1. The largest absolute Gasteiger partial charge is 0.494 e. The summed E-state index contributed by atoms with van der Waals surface area (Å²) >= 11 is 0. The summed E-state index contributed by atoms with van der Waals surface area (Å²) in [6.45, 7) is 11.5. The Morgan fingerprint density at radius 3 is 1.98 bits per heavy atom. The van der Waals surface area contributed by atoms with Crippen LogP contribution in [-0.2, 0) is 4.79 Å². The van der Waals surface area contributed by atoms with Crippen LogP contribution in [0.2, 0.25) is 0 Å². The molecule has 3 rings (SSSR count). The van der Waals surface area contributed by atoms with Crippen molar-refractivity contribution in [3.63, 3.8) is 0 Å². The average molecular weight is 633 g/mol. The van der Waals surface area contributed by atoms with E-state index in [1.54, 1.807) is 59.5 Å². The first kappa shape index (κ1) is 35.5. The van der Waals surface area contributed by atoms with Crippen LogP contribution in [0.5, 0.6) is 17.2 Å². The van der Waals surface area contributed by atoms with Gasteiger partial charge in [0.25, 0.3) is 11.8 Å². The molecular formula is C35H44N4O7. The normalized spacial score (nSPS) is 11.8. The molecule has 0 saturated heterocycles. The van der Waals surface area contributed by atoms with Crippen LogP contribution in [0, 0.1) is 0 Å². The van der Waals surface area contributed by atoms with E-state index in [9.17, 15) is 19.5 Å². The number of amides is 2. The smallest absolute Gasteiger partial charge is 0.347 e. The van der Waals surface area contributed by atoms with Crippen LogP contribution in [0.3, 0.4) is 0 Å². The molecule has 0 bridgehead atoms. The molecular weight excluding hydrogens is 588 g/mol. The van der Waals surface area contributed by atoms with E-state index in [1.165, 1.54) is 26.2 Å². The molecule has 0 aliphatic heterocycles. The summed E-state index contributed by atoms with van der Waals surface area (Å²) < 4.78 is 17.6. The first-order valence-corrected chi connectivity index (χ1v) is 15.3. The Bertz CT molecular complexity index is 1500. The lowest BCUT2D eigenvalue weighted by molar-refractivity contribution is -0.152. The molecule has 1 heterocycles. The number of carbonyl (C=O) groups excluding carboxylic acids is 2. The van der Waals surface area contributed by atoms with Gasteiger partial charge in [-0.2, -0.15) is 4.99 Å². The Labute approximate surface area is 270 Å². The van der Waals surface area contributed by atoms with Gasteiger partial charge in [-0.1, -0.05) is 0 Å². The summed E-state index contributed by atoms with van der Waals surface area (Å²) in [7, 11) is 0. The van der Waals surface area contributed by atoms with E-state index in [0.717, 1.165) is 19.3 Å². The summed E-state index contributed by atoms with van der Waals surface area (Å²) in [5.41, 5.74) is 5.76. The second kappa shape index (κ2) is 16.4. The van der Waals surface area contributed by atoms with E-state index < -0.39 is 17.5 Å². The number of unbranched alkanes of at least 4 members (excludes halogenated alkanes) is 2. The van der Waals surface area contributed by atoms with Crippen LogP contribution in [0.25, 0.3) is 0 Å². The van der Waals surface area contributed by atoms with Gasteiger partial charge in [-0.05, 0) is 109 Å². The molecule has 46 heavy (non-hydrogen) atoms. The van der Waals surface area contributed by atoms with Gasteiger partial charge in [-0.25, -0.2) is 4.79 Å². The number of carboxylic acids is 1. The highest BCUT2D eigenvalue weighted by molar-refractivity contribution is 6.08. The third-order valence-corrected chi connectivity index (χ3v) is 7.04. The Hall–Kier alpha value is -4.93. The van der Waals surface area contributed by atoms with Crippen molar-refractivity contribution in [2.24, 2.45) is 10.7 Å². The summed E-state index contributed by atoms with van der Waals surface area (Å²) in [5.74, 6) is -0.391. The van der Waals surface area contributed by atoms with Crippen molar-refractivity contribution in [3.8, 4) is 17.2 Å². The average Bonchev–Trinajstić information content (AvgIpc) is 3.00. The number of hydrogen-bond acceptors (Lipinski definition) is 7. The third-order valence-electron chi connectivity index (χ3n) is 7.04. The van der Waals surface area contributed by atoms with Gasteiger partial charge >= 0.3 is 5.97 Å². The molecule has 3 N–H and O–H groups in total. The molecule has 0 aliphatic carbocycles. The Morgan fingerprint density at radius 2 is 1.41 bits per heavy atom. The minimum Gasteiger partial charge on any atom is -0.494 e. The standard InChI is InChI=1S/C35H44N4O7/c1-23(2)39(24(3)4)33(41)29-15-14-28(22-30(29)46-35(5,6)34(42)43)45-21-9-7-8-20-44-27-12-10-25(11-13-27)31(36)38-32(40)26-16-18-37-19-17-26/h10-19,22-24H,7-9,20-21H2,1-6H3,(H,42,43)(H2,36,38,40). The molecule has 2 amide bonds. The number of carboxylic acid groups (broad SMARTS) is 1. The molecule has 0 saturated carbocycles. The van der Waals surface area contributed by atoms with E-state index >= 15 is 0 Å².